The fourth-order valence-corrected chi connectivity index (χ4v) is 3.80. The number of nitrogens with zero attached hydrogens (tertiary/aromatic N) is 2. The summed E-state index contributed by atoms with van der Waals surface area (Å²) in [5.41, 5.74) is 0.985. The van der Waals surface area contributed by atoms with Crippen LogP contribution < -0.4 is 0 Å². The normalized spacial score (nSPS) is 24.3. The molecule has 24 heavy (non-hydrogen) atoms. The van der Waals surface area contributed by atoms with Crippen molar-refractivity contribution in [2.75, 3.05) is 39.8 Å². The van der Waals surface area contributed by atoms with Crippen LogP contribution in [-0.2, 0) is 9.53 Å². The highest BCUT2D eigenvalue weighted by Crippen LogP contribution is 2.23. The Kier molecular flexibility index (Phi) is 5.87. The van der Waals surface area contributed by atoms with Gasteiger partial charge in [0.2, 0.25) is 0 Å². The molecule has 1 aromatic carbocycles. The van der Waals surface area contributed by atoms with E-state index in [1.165, 1.54) is 0 Å². The molecule has 0 spiro atoms. The smallest absolute Gasteiger partial charge is 0.323 e. The lowest BCUT2D eigenvalue weighted by Gasteiger charge is -2.35. The fourth-order valence-electron chi connectivity index (χ4n) is 3.80. The number of piperidine rings is 1. The van der Waals surface area contributed by atoms with Gasteiger partial charge in [-0.15, -0.1) is 0 Å². The Morgan fingerprint density at radius 2 is 1.96 bits per heavy atom. The Balaban J connectivity index is 1.41. The maximum atomic E-state index is 11.7. The van der Waals surface area contributed by atoms with Crippen LogP contribution in [0.4, 0.5) is 0 Å². The van der Waals surface area contributed by atoms with Crippen LogP contribution in [0.2, 0.25) is 0 Å². The van der Waals surface area contributed by atoms with Gasteiger partial charge >= 0.3 is 5.97 Å². The molecule has 5 heteroatoms. The highest BCUT2D eigenvalue weighted by Gasteiger charge is 2.32. The zero-order valence-electron chi connectivity index (χ0n) is 14.4. The Hall–Kier alpha value is -1.43. The third kappa shape index (κ3) is 4.35. The zero-order chi connectivity index (χ0) is 16.9. The fraction of sp³-hybridized carbons (Fsp3) is 0.632. The molecular formula is C19H28N2O3. The molecule has 2 unspecified atom stereocenters. The van der Waals surface area contributed by atoms with E-state index in [1.807, 2.05) is 37.4 Å². The molecule has 2 saturated heterocycles. The monoisotopic (exact) mass is 332 g/mol. The number of ether oxygens (including phenoxy) is 1. The minimum atomic E-state index is -0.418. The van der Waals surface area contributed by atoms with E-state index in [9.17, 15) is 9.90 Å². The number of likely N-dealkylation sites (tertiary alicyclic amines) is 1. The molecule has 0 saturated carbocycles. The molecule has 2 aliphatic heterocycles. The highest BCUT2D eigenvalue weighted by molar-refractivity contribution is 5.77. The van der Waals surface area contributed by atoms with Crippen LogP contribution in [0.1, 0.15) is 30.9 Å². The lowest BCUT2D eigenvalue weighted by molar-refractivity contribution is -0.142. The molecule has 0 radical (unpaired) electrons. The second-order valence-corrected chi connectivity index (χ2v) is 7.08. The third-order valence-corrected chi connectivity index (χ3v) is 5.31. The van der Waals surface area contributed by atoms with Gasteiger partial charge in [-0.1, -0.05) is 30.3 Å². The highest BCUT2D eigenvalue weighted by atomic mass is 16.5. The molecule has 0 bridgehead atoms. The minimum absolute atomic E-state index is 0.0528. The van der Waals surface area contributed by atoms with Crippen LogP contribution in [0.15, 0.2) is 30.3 Å². The van der Waals surface area contributed by atoms with Crippen molar-refractivity contribution in [1.82, 2.24) is 9.80 Å². The summed E-state index contributed by atoms with van der Waals surface area (Å²) < 4.78 is 5.06. The first-order valence-electron chi connectivity index (χ1n) is 8.95. The van der Waals surface area contributed by atoms with Gasteiger partial charge in [0.1, 0.15) is 6.04 Å². The van der Waals surface area contributed by atoms with Crippen LogP contribution in [0.5, 0.6) is 0 Å². The van der Waals surface area contributed by atoms with Gasteiger partial charge in [-0.05, 0) is 44.5 Å². The lowest BCUT2D eigenvalue weighted by Crippen LogP contribution is -2.43. The molecule has 5 nitrogen and oxygen atoms in total. The maximum absolute atomic E-state index is 11.7. The van der Waals surface area contributed by atoms with Crippen molar-refractivity contribution in [3.05, 3.63) is 35.9 Å². The second kappa shape index (κ2) is 8.10. The first-order valence-corrected chi connectivity index (χ1v) is 8.95. The van der Waals surface area contributed by atoms with Crippen molar-refractivity contribution < 1.29 is 14.6 Å². The van der Waals surface area contributed by atoms with Crippen LogP contribution in [0.3, 0.4) is 0 Å². The van der Waals surface area contributed by atoms with E-state index in [2.05, 4.69) is 9.80 Å². The van der Waals surface area contributed by atoms with Crippen LogP contribution in [0.25, 0.3) is 0 Å². The van der Waals surface area contributed by atoms with Crippen molar-refractivity contribution in [2.45, 2.75) is 31.4 Å². The number of carbonyl (C=O) groups excluding carboxylic acids is 1. The number of esters is 1. The molecule has 0 aromatic heterocycles. The van der Waals surface area contributed by atoms with Gasteiger partial charge in [-0.2, -0.15) is 0 Å². The van der Waals surface area contributed by atoms with Crippen molar-refractivity contribution in [3.8, 4) is 0 Å². The van der Waals surface area contributed by atoms with E-state index in [0.29, 0.717) is 19.1 Å². The van der Waals surface area contributed by atoms with E-state index in [-0.39, 0.29) is 12.0 Å². The summed E-state index contributed by atoms with van der Waals surface area (Å²) in [4.78, 5) is 16.2. The van der Waals surface area contributed by atoms with Gasteiger partial charge in [0, 0.05) is 19.5 Å². The van der Waals surface area contributed by atoms with Crippen LogP contribution >= 0.6 is 0 Å². The molecule has 1 aromatic rings. The molecule has 2 atom stereocenters. The van der Waals surface area contributed by atoms with E-state index in [1.54, 1.807) is 0 Å². The summed E-state index contributed by atoms with van der Waals surface area (Å²) in [5, 5.41) is 10.4. The summed E-state index contributed by atoms with van der Waals surface area (Å²) in [6.07, 6.45) is 2.64. The van der Waals surface area contributed by atoms with E-state index in [0.717, 1.165) is 44.5 Å². The number of cyclic esters (lactones) is 1. The third-order valence-electron chi connectivity index (χ3n) is 5.31. The lowest BCUT2D eigenvalue weighted by atomic mass is 9.95. The van der Waals surface area contributed by atoms with Gasteiger partial charge in [0.05, 0.1) is 12.7 Å². The molecule has 2 heterocycles. The van der Waals surface area contributed by atoms with Crippen molar-refractivity contribution >= 4 is 5.97 Å². The SMILES string of the molecule is CN(CC1CCN(CC(O)c2ccccc2)CC1)C1CCOC1=O. The maximum Gasteiger partial charge on any atom is 0.323 e. The first kappa shape index (κ1) is 17.4. The molecule has 1 N–H and O–H groups in total. The number of carbonyl (C=O) groups is 1. The summed E-state index contributed by atoms with van der Waals surface area (Å²) in [5.74, 6) is 0.550. The molecular weight excluding hydrogens is 304 g/mol. The van der Waals surface area contributed by atoms with Crippen LogP contribution in [-0.4, -0.2) is 66.8 Å². The van der Waals surface area contributed by atoms with Gasteiger partial charge < -0.3 is 14.7 Å². The van der Waals surface area contributed by atoms with Crippen molar-refractivity contribution in [1.29, 1.82) is 0 Å². The molecule has 132 valence electrons. The molecule has 2 aliphatic rings. The van der Waals surface area contributed by atoms with Gasteiger partial charge in [0.25, 0.3) is 0 Å². The van der Waals surface area contributed by atoms with Crippen molar-refractivity contribution in [2.24, 2.45) is 5.92 Å². The molecule has 2 fully saturated rings. The Labute approximate surface area is 144 Å². The van der Waals surface area contributed by atoms with Gasteiger partial charge in [-0.3, -0.25) is 9.69 Å². The average molecular weight is 332 g/mol. The number of hydrogen-bond acceptors (Lipinski definition) is 5. The molecule has 3 rings (SSSR count). The first-order chi connectivity index (χ1) is 11.6. The Morgan fingerprint density at radius 1 is 1.25 bits per heavy atom. The number of benzene rings is 1. The number of β-amino-alcohol motifs (C(OH)–C–C–N with tert-alkyl or cyclic N) is 1. The van der Waals surface area contributed by atoms with Crippen LogP contribution in [0, 0.1) is 5.92 Å². The van der Waals surface area contributed by atoms with E-state index in [4.69, 9.17) is 4.74 Å². The van der Waals surface area contributed by atoms with Gasteiger partial charge in [0.15, 0.2) is 0 Å². The second-order valence-electron chi connectivity index (χ2n) is 7.08. The van der Waals surface area contributed by atoms with Gasteiger partial charge in [-0.25, -0.2) is 0 Å². The molecule has 0 amide bonds. The summed E-state index contributed by atoms with van der Waals surface area (Å²) in [6.45, 7) is 4.23. The predicted octanol–water partition coefficient (Wildman–Crippen LogP) is 1.68. The molecule has 0 aliphatic carbocycles. The number of aliphatic hydroxyl groups excluding tert-OH is 1. The zero-order valence-corrected chi connectivity index (χ0v) is 14.4. The predicted molar refractivity (Wildman–Crippen MR) is 92.6 cm³/mol. The number of hydrogen-bond donors (Lipinski definition) is 1. The topological polar surface area (TPSA) is 53.0 Å². The Morgan fingerprint density at radius 3 is 2.58 bits per heavy atom. The van der Waals surface area contributed by atoms with Crippen molar-refractivity contribution in [3.63, 3.8) is 0 Å². The number of likely N-dealkylation sites (N-methyl/N-ethyl adjacent to an activating group) is 1. The minimum Gasteiger partial charge on any atom is -0.464 e. The summed E-state index contributed by atoms with van der Waals surface area (Å²) in [7, 11) is 2.03. The number of aliphatic hydroxyl groups is 1. The largest absolute Gasteiger partial charge is 0.464 e. The Bertz CT molecular complexity index is 529. The average Bonchev–Trinajstić information content (AvgIpc) is 3.03. The van der Waals surface area contributed by atoms with E-state index >= 15 is 0 Å². The van der Waals surface area contributed by atoms with E-state index < -0.39 is 6.10 Å². The standard InChI is InChI=1S/C19H28N2O3/c1-20(17-9-12-24-19(17)23)13-15-7-10-21(11-8-15)14-18(22)16-5-3-2-4-6-16/h2-6,15,17-18,22H,7-14H2,1H3. The number of rotatable bonds is 6. The quantitative estimate of drug-likeness (QED) is 0.803. The summed E-state index contributed by atoms with van der Waals surface area (Å²) >= 11 is 0. The summed E-state index contributed by atoms with van der Waals surface area (Å²) in [6, 6.07) is 9.81.